The summed E-state index contributed by atoms with van der Waals surface area (Å²) in [6, 6.07) is 11.5. The standard InChI is InChI=1S/C21H23ClN4O/c1-14-11-15(2)26-21(23-14)12-19(24-26)16-7-9-25(10-8-16)13-20(27)17-3-5-18(22)6-4-17/h3-7,11-12,20,27H,8-10,13H2,1-2H3/t20-/m0/s1. The van der Waals surface area contributed by atoms with Crippen LogP contribution in [0, 0.1) is 13.8 Å². The molecule has 140 valence electrons. The first-order valence-corrected chi connectivity index (χ1v) is 9.57. The molecule has 1 aliphatic heterocycles. The zero-order chi connectivity index (χ0) is 19.0. The molecule has 1 aliphatic rings. The number of hydrogen-bond acceptors (Lipinski definition) is 4. The van der Waals surface area contributed by atoms with E-state index in [-0.39, 0.29) is 0 Å². The second-order valence-electron chi connectivity index (χ2n) is 7.14. The third-order valence-electron chi connectivity index (χ3n) is 5.04. The Morgan fingerprint density at radius 3 is 2.67 bits per heavy atom. The molecule has 0 unspecified atom stereocenters. The monoisotopic (exact) mass is 382 g/mol. The molecular formula is C21H23ClN4O. The van der Waals surface area contributed by atoms with Gasteiger partial charge in [0.15, 0.2) is 5.65 Å². The van der Waals surface area contributed by atoms with Gasteiger partial charge in [-0.1, -0.05) is 29.8 Å². The van der Waals surface area contributed by atoms with Crippen LogP contribution in [0.4, 0.5) is 0 Å². The number of aliphatic hydroxyl groups excluding tert-OH is 1. The molecule has 0 radical (unpaired) electrons. The lowest BCUT2D eigenvalue weighted by Crippen LogP contribution is -2.32. The first-order chi connectivity index (χ1) is 13.0. The Balaban J connectivity index is 1.45. The Kier molecular flexibility index (Phi) is 5.00. The smallest absolute Gasteiger partial charge is 0.156 e. The molecule has 2 aromatic heterocycles. The van der Waals surface area contributed by atoms with Gasteiger partial charge in [-0.15, -0.1) is 0 Å². The van der Waals surface area contributed by atoms with E-state index in [4.69, 9.17) is 16.7 Å². The molecule has 1 N–H and O–H groups in total. The van der Waals surface area contributed by atoms with Crippen molar-refractivity contribution in [2.24, 2.45) is 0 Å². The molecule has 0 bridgehead atoms. The van der Waals surface area contributed by atoms with Gasteiger partial charge >= 0.3 is 0 Å². The van der Waals surface area contributed by atoms with Gasteiger partial charge in [0.2, 0.25) is 0 Å². The van der Waals surface area contributed by atoms with E-state index in [1.54, 1.807) is 0 Å². The summed E-state index contributed by atoms with van der Waals surface area (Å²) in [7, 11) is 0. The topological polar surface area (TPSA) is 53.7 Å². The fraction of sp³-hybridized carbons (Fsp3) is 0.333. The third kappa shape index (κ3) is 3.90. The number of aromatic nitrogens is 3. The summed E-state index contributed by atoms with van der Waals surface area (Å²) in [5.41, 5.74) is 6.12. The zero-order valence-corrected chi connectivity index (χ0v) is 16.3. The summed E-state index contributed by atoms with van der Waals surface area (Å²) in [6.07, 6.45) is 2.61. The van der Waals surface area contributed by atoms with Crippen molar-refractivity contribution < 1.29 is 5.11 Å². The maximum atomic E-state index is 10.5. The molecule has 5 nitrogen and oxygen atoms in total. The molecule has 4 rings (SSSR count). The highest BCUT2D eigenvalue weighted by Gasteiger charge is 2.19. The predicted molar refractivity (Wildman–Crippen MR) is 108 cm³/mol. The van der Waals surface area contributed by atoms with Crippen molar-refractivity contribution in [3.05, 3.63) is 70.1 Å². The average Bonchev–Trinajstić information content (AvgIpc) is 3.07. The zero-order valence-electron chi connectivity index (χ0n) is 15.6. The molecule has 0 amide bonds. The molecule has 27 heavy (non-hydrogen) atoms. The molecular weight excluding hydrogens is 360 g/mol. The van der Waals surface area contributed by atoms with Crippen molar-refractivity contribution in [1.82, 2.24) is 19.5 Å². The van der Waals surface area contributed by atoms with Crippen LogP contribution in [-0.2, 0) is 0 Å². The highest BCUT2D eigenvalue weighted by Crippen LogP contribution is 2.24. The van der Waals surface area contributed by atoms with E-state index < -0.39 is 6.10 Å². The SMILES string of the molecule is Cc1cc(C)n2nc(C3=CCN(C[C@H](O)c4ccc(Cl)cc4)CC3)cc2n1. The normalized spacial score (nSPS) is 16.5. The molecule has 0 aliphatic carbocycles. The van der Waals surface area contributed by atoms with Crippen molar-refractivity contribution in [2.75, 3.05) is 19.6 Å². The fourth-order valence-corrected chi connectivity index (χ4v) is 3.71. The Morgan fingerprint density at radius 1 is 1.19 bits per heavy atom. The minimum absolute atomic E-state index is 0.512. The maximum Gasteiger partial charge on any atom is 0.156 e. The highest BCUT2D eigenvalue weighted by atomic mass is 35.5. The summed E-state index contributed by atoms with van der Waals surface area (Å²) < 4.78 is 1.90. The quantitative estimate of drug-likeness (QED) is 0.745. The van der Waals surface area contributed by atoms with Gasteiger partial charge in [-0.3, -0.25) is 4.90 Å². The van der Waals surface area contributed by atoms with E-state index in [9.17, 15) is 5.11 Å². The summed E-state index contributed by atoms with van der Waals surface area (Å²) in [5.74, 6) is 0. The lowest BCUT2D eigenvalue weighted by atomic mass is 10.0. The van der Waals surface area contributed by atoms with Gasteiger partial charge < -0.3 is 5.11 Å². The van der Waals surface area contributed by atoms with Gasteiger partial charge in [0.1, 0.15) is 0 Å². The average molecular weight is 383 g/mol. The van der Waals surface area contributed by atoms with Crippen molar-refractivity contribution in [2.45, 2.75) is 26.4 Å². The molecule has 0 saturated heterocycles. The molecule has 6 heteroatoms. The lowest BCUT2D eigenvalue weighted by Gasteiger charge is -2.28. The fourth-order valence-electron chi connectivity index (χ4n) is 3.59. The van der Waals surface area contributed by atoms with Crippen molar-refractivity contribution >= 4 is 22.8 Å². The predicted octanol–water partition coefficient (Wildman–Crippen LogP) is 3.82. The van der Waals surface area contributed by atoms with Crippen LogP contribution in [0.3, 0.4) is 0 Å². The van der Waals surface area contributed by atoms with E-state index in [1.165, 1.54) is 5.57 Å². The number of rotatable bonds is 4. The Bertz CT molecular complexity index is 993. The van der Waals surface area contributed by atoms with Gasteiger partial charge in [0, 0.05) is 42.1 Å². The third-order valence-corrected chi connectivity index (χ3v) is 5.29. The van der Waals surface area contributed by atoms with Crippen molar-refractivity contribution in [3.8, 4) is 0 Å². The summed E-state index contributed by atoms with van der Waals surface area (Å²) in [6.45, 7) is 6.36. The van der Waals surface area contributed by atoms with Crippen LogP contribution < -0.4 is 0 Å². The largest absolute Gasteiger partial charge is 0.387 e. The van der Waals surface area contributed by atoms with Crippen LogP contribution in [-0.4, -0.2) is 44.2 Å². The van der Waals surface area contributed by atoms with E-state index in [0.29, 0.717) is 11.6 Å². The number of benzene rings is 1. The van der Waals surface area contributed by atoms with Crippen molar-refractivity contribution in [1.29, 1.82) is 0 Å². The number of aryl methyl sites for hydroxylation is 2. The van der Waals surface area contributed by atoms with Gasteiger partial charge in [-0.25, -0.2) is 9.50 Å². The van der Waals surface area contributed by atoms with E-state index in [1.807, 2.05) is 48.7 Å². The minimum atomic E-state index is -0.512. The summed E-state index contributed by atoms with van der Waals surface area (Å²) in [5, 5.41) is 15.9. The van der Waals surface area contributed by atoms with E-state index in [2.05, 4.69) is 22.0 Å². The molecule has 3 heterocycles. The van der Waals surface area contributed by atoms with Crippen LogP contribution in [0.25, 0.3) is 11.2 Å². The Labute approximate surface area is 163 Å². The first kappa shape index (κ1) is 18.2. The van der Waals surface area contributed by atoms with Gasteiger partial charge in [0.25, 0.3) is 0 Å². The van der Waals surface area contributed by atoms with E-state index >= 15 is 0 Å². The van der Waals surface area contributed by atoms with E-state index in [0.717, 1.165) is 47.8 Å². The molecule has 0 spiro atoms. The first-order valence-electron chi connectivity index (χ1n) is 9.19. The molecule has 1 atom stereocenters. The number of hydrogen-bond donors (Lipinski definition) is 1. The molecule has 3 aromatic rings. The molecule has 1 aromatic carbocycles. The number of nitrogens with zero attached hydrogens (tertiary/aromatic N) is 4. The minimum Gasteiger partial charge on any atom is -0.387 e. The van der Waals surface area contributed by atoms with Crippen LogP contribution in [0.1, 0.15) is 35.2 Å². The van der Waals surface area contributed by atoms with Gasteiger partial charge in [0.05, 0.1) is 11.8 Å². The Morgan fingerprint density at radius 2 is 1.96 bits per heavy atom. The highest BCUT2D eigenvalue weighted by molar-refractivity contribution is 6.30. The van der Waals surface area contributed by atoms with Gasteiger partial charge in [-0.2, -0.15) is 5.10 Å². The number of halogens is 1. The van der Waals surface area contributed by atoms with Gasteiger partial charge in [-0.05, 0) is 49.6 Å². The van der Waals surface area contributed by atoms with Crippen molar-refractivity contribution in [3.63, 3.8) is 0 Å². The number of fused-ring (bicyclic) bond motifs is 1. The second-order valence-corrected chi connectivity index (χ2v) is 7.58. The van der Waals surface area contributed by atoms with Crippen LogP contribution in [0.2, 0.25) is 5.02 Å². The maximum absolute atomic E-state index is 10.5. The van der Waals surface area contributed by atoms with Crippen LogP contribution >= 0.6 is 11.6 Å². The molecule has 0 fully saturated rings. The van der Waals surface area contributed by atoms with Crippen LogP contribution in [0.15, 0.2) is 42.5 Å². The Hall–Kier alpha value is -2.21. The summed E-state index contributed by atoms with van der Waals surface area (Å²) >= 11 is 5.92. The summed E-state index contributed by atoms with van der Waals surface area (Å²) in [4.78, 5) is 6.82. The molecule has 0 saturated carbocycles. The number of β-amino-alcohol motifs (C(OH)–C–C–N with tert-alkyl or cyclic N) is 1. The number of aliphatic hydroxyl groups is 1. The van der Waals surface area contributed by atoms with Crippen LogP contribution in [0.5, 0.6) is 0 Å². The lowest BCUT2D eigenvalue weighted by molar-refractivity contribution is 0.119. The second kappa shape index (κ2) is 7.43.